The van der Waals surface area contributed by atoms with Crippen molar-refractivity contribution in [2.75, 3.05) is 19.0 Å². The first-order valence-electron chi connectivity index (χ1n) is 4.31. The summed E-state index contributed by atoms with van der Waals surface area (Å²) in [4.78, 5) is 2.15. The minimum absolute atomic E-state index is 0.814. The molecule has 0 amide bonds. The van der Waals surface area contributed by atoms with Crippen LogP contribution in [0.4, 0.5) is 5.69 Å². The molecule has 1 aromatic rings. The highest BCUT2D eigenvalue weighted by atomic mass is 28.2. The maximum atomic E-state index is 3.83. The van der Waals surface area contributed by atoms with E-state index in [1.807, 2.05) is 6.08 Å². The quantitative estimate of drug-likeness (QED) is 0.655. The summed E-state index contributed by atoms with van der Waals surface area (Å²) < 4.78 is 0. The summed E-state index contributed by atoms with van der Waals surface area (Å²) in [6, 6.07) is 6.35. The highest BCUT2D eigenvalue weighted by Gasteiger charge is 2.05. The summed E-state index contributed by atoms with van der Waals surface area (Å²) in [6.07, 6.45) is 1.93. The largest absolute Gasteiger partial charge is 0.378 e. The first-order valence-corrected chi connectivity index (χ1v) is 5.81. The smallest absolute Gasteiger partial charge is 0.0810 e. The summed E-state index contributed by atoms with van der Waals surface area (Å²) in [5.74, 6) is 0. The topological polar surface area (TPSA) is 3.24 Å². The standard InChI is InChI=1S/C11H15NSi/c1-5-9-7-6-8-10(12(2)3)11(9)13-4/h5-8H,1H2,2-4H3. The molecule has 0 N–H and O–H groups in total. The van der Waals surface area contributed by atoms with Crippen LogP contribution in [-0.4, -0.2) is 23.6 Å². The van der Waals surface area contributed by atoms with Crippen molar-refractivity contribution < 1.29 is 0 Å². The SMILES string of the molecule is C=Cc1cccc(N(C)C)c1[Si]C. The van der Waals surface area contributed by atoms with Crippen LogP contribution >= 0.6 is 0 Å². The highest BCUT2D eigenvalue weighted by molar-refractivity contribution is 6.55. The van der Waals surface area contributed by atoms with Crippen LogP contribution in [0.5, 0.6) is 0 Å². The van der Waals surface area contributed by atoms with E-state index in [0.717, 1.165) is 9.52 Å². The van der Waals surface area contributed by atoms with Gasteiger partial charge in [0.15, 0.2) is 0 Å². The number of hydrogen-bond donors (Lipinski definition) is 0. The van der Waals surface area contributed by atoms with Gasteiger partial charge in [-0.25, -0.2) is 0 Å². The van der Waals surface area contributed by atoms with E-state index < -0.39 is 0 Å². The zero-order valence-corrected chi connectivity index (χ0v) is 9.46. The molecule has 0 fully saturated rings. The van der Waals surface area contributed by atoms with Gasteiger partial charge in [0.2, 0.25) is 0 Å². The lowest BCUT2D eigenvalue weighted by Gasteiger charge is -2.18. The maximum absolute atomic E-state index is 3.83. The molecule has 0 spiro atoms. The number of nitrogens with zero attached hydrogens (tertiary/aromatic N) is 1. The first kappa shape index (κ1) is 10.1. The monoisotopic (exact) mass is 189 g/mol. The van der Waals surface area contributed by atoms with Gasteiger partial charge in [-0.15, -0.1) is 0 Å². The average molecular weight is 189 g/mol. The fourth-order valence-electron chi connectivity index (χ4n) is 1.37. The van der Waals surface area contributed by atoms with Crippen molar-refractivity contribution in [3.63, 3.8) is 0 Å². The van der Waals surface area contributed by atoms with Crippen molar-refractivity contribution in [3.05, 3.63) is 30.3 Å². The predicted octanol–water partition coefficient (Wildman–Crippen LogP) is 1.77. The van der Waals surface area contributed by atoms with Gasteiger partial charge in [0.05, 0.1) is 9.52 Å². The van der Waals surface area contributed by atoms with Crippen LogP contribution in [0.3, 0.4) is 0 Å². The molecule has 1 aromatic carbocycles. The molecule has 0 saturated heterocycles. The lowest BCUT2D eigenvalue weighted by atomic mass is 10.2. The number of hydrogen-bond acceptors (Lipinski definition) is 1. The van der Waals surface area contributed by atoms with Crippen molar-refractivity contribution in [1.29, 1.82) is 0 Å². The first-order chi connectivity index (χ1) is 6.20. The van der Waals surface area contributed by atoms with Gasteiger partial charge in [-0.2, -0.15) is 0 Å². The fourth-order valence-corrected chi connectivity index (χ4v) is 2.41. The molecule has 1 rings (SSSR count). The number of benzene rings is 1. The van der Waals surface area contributed by atoms with Crippen LogP contribution in [0, 0.1) is 0 Å². The van der Waals surface area contributed by atoms with Gasteiger partial charge in [-0.05, 0) is 16.8 Å². The molecular weight excluding hydrogens is 174 g/mol. The molecule has 0 bridgehead atoms. The molecule has 0 saturated carbocycles. The summed E-state index contributed by atoms with van der Waals surface area (Å²) in [5, 5.41) is 1.41. The Bertz CT molecular complexity index is 305. The summed E-state index contributed by atoms with van der Waals surface area (Å²) in [7, 11) is 4.96. The fraction of sp³-hybridized carbons (Fsp3) is 0.273. The third-order valence-electron chi connectivity index (χ3n) is 2.03. The second kappa shape index (κ2) is 4.28. The molecule has 0 aliphatic heterocycles. The average Bonchev–Trinajstić information content (AvgIpc) is 2.16. The van der Waals surface area contributed by atoms with E-state index in [4.69, 9.17) is 0 Å². The van der Waals surface area contributed by atoms with Crippen molar-refractivity contribution in [2.24, 2.45) is 0 Å². The van der Waals surface area contributed by atoms with E-state index in [0.29, 0.717) is 0 Å². The predicted molar refractivity (Wildman–Crippen MR) is 62.1 cm³/mol. The molecule has 0 aromatic heterocycles. The molecule has 2 heteroatoms. The van der Waals surface area contributed by atoms with Crippen molar-refractivity contribution in [2.45, 2.75) is 6.55 Å². The molecule has 13 heavy (non-hydrogen) atoms. The van der Waals surface area contributed by atoms with Gasteiger partial charge in [0.1, 0.15) is 0 Å². The van der Waals surface area contributed by atoms with E-state index in [-0.39, 0.29) is 0 Å². The Hall–Kier alpha value is -1.02. The molecule has 2 radical (unpaired) electrons. The lowest BCUT2D eigenvalue weighted by molar-refractivity contribution is 1.14. The summed E-state index contributed by atoms with van der Waals surface area (Å²) >= 11 is 0. The Balaban J connectivity index is 3.26. The van der Waals surface area contributed by atoms with Crippen LogP contribution in [-0.2, 0) is 0 Å². The van der Waals surface area contributed by atoms with Gasteiger partial charge < -0.3 is 4.90 Å². The van der Waals surface area contributed by atoms with Crippen molar-refractivity contribution in [3.8, 4) is 0 Å². The van der Waals surface area contributed by atoms with Crippen LogP contribution in [0.1, 0.15) is 5.56 Å². The Kier molecular flexibility index (Phi) is 3.31. The van der Waals surface area contributed by atoms with E-state index in [2.05, 4.69) is 50.3 Å². The van der Waals surface area contributed by atoms with Crippen LogP contribution in [0.15, 0.2) is 24.8 Å². The normalized spacial score (nSPS) is 9.77. The van der Waals surface area contributed by atoms with E-state index in [1.54, 1.807) is 0 Å². The van der Waals surface area contributed by atoms with Gasteiger partial charge in [-0.3, -0.25) is 0 Å². The van der Waals surface area contributed by atoms with Crippen molar-refractivity contribution >= 4 is 26.5 Å². The van der Waals surface area contributed by atoms with E-state index in [9.17, 15) is 0 Å². The molecule has 1 nitrogen and oxygen atoms in total. The molecule has 0 aliphatic rings. The third-order valence-corrected chi connectivity index (χ3v) is 3.07. The van der Waals surface area contributed by atoms with Crippen LogP contribution < -0.4 is 10.1 Å². The highest BCUT2D eigenvalue weighted by Crippen LogP contribution is 2.11. The number of rotatable bonds is 3. The minimum Gasteiger partial charge on any atom is -0.378 e. The van der Waals surface area contributed by atoms with Gasteiger partial charge >= 0.3 is 0 Å². The lowest BCUT2D eigenvalue weighted by Crippen LogP contribution is -2.24. The van der Waals surface area contributed by atoms with Crippen LogP contribution in [0.25, 0.3) is 6.08 Å². The summed E-state index contributed by atoms with van der Waals surface area (Å²) in [5.41, 5.74) is 2.56. The molecular formula is C11H15NSi. The zero-order valence-electron chi connectivity index (χ0n) is 8.46. The molecule has 68 valence electrons. The Labute approximate surface area is 82.9 Å². The molecule has 0 unspecified atom stereocenters. The minimum atomic E-state index is 0.814. The van der Waals surface area contributed by atoms with Gasteiger partial charge in [-0.1, -0.05) is 31.3 Å². The summed E-state index contributed by atoms with van der Waals surface area (Å²) in [6.45, 7) is 6.03. The zero-order chi connectivity index (χ0) is 9.84. The van der Waals surface area contributed by atoms with Crippen LogP contribution in [0.2, 0.25) is 6.55 Å². The van der Waals surface area contributed by atoms with E-state index in [1.165, 1.54) is 16.4 Å². The maximum Gasteiger partial charge on any atom is 0.0810 e. The van der Waals surface area contributed by atoms with Gasteiger partial charge in [0, 0.05) is 19.8 Å². The molecule has 0 aliphatic carbocycles. The second-order valence-corrected chi connectivity index (χ2v) is 4.09. The number of anilines is 1. The third kappa shape index (κ3) is 2.01. The molecule has 0 atom stereocenters. The van der Waals surface area contributed by atoms with E-state index >= 15 is 0 Å². The Morgan fingerprint density at radius 3 is 2.54 bits per heavy atom. The second-order valence-electron chi connectivity index (χ2n) is 3.09. The Morgan fingerprint density at radius 1 is 1.38 bits per heavy atom. The van der Waals surface area contributed by atoms with Gasteiger partial charge in [0.25, 0.3) is 0 Å². The Morgan fingerprint density at radius 2 is 2.08 bits per heavy atom. The molecule has 0 heterocycles. The van der Waals surface area contributed by atoms with Crippen molar-refractivity contribution in [1.82, 2.24) is 0 Å².